The molecule has 1 heterocycles. The van der Waals surface area contributed by atoms with E-state index in [-0.39, 0.29) is 17.1 Å². The van der Waals surface area contributed by atoms with Crippen LogP contribution in [-0.2, 0) is 11.2 Å². The lowest BCUT2D eigenvalue weighted by Gasteiger charge is -2.36. The number of amides is 1. The number of hydrogen-bond donors (Lipinski definition) is 3. The van der Waals surface area contributed by atoms with Crippen LogP contribution in [0, 0.1) is 11.2 Å². The van der Waals surface area contributed by atoms with Gasteiger partial charge in [-0.2, -0.15) is 0 Å². The van der Waals surface area contributed by atoms with Crippen molar-refractivity contribution in [2.75, 3.05) is 6.54 Å². The molecular weight excluding hydrogens is 293 g/mol. The number of benzene rings is 1. The molecular formula is C18H24FN3O. The number of aromatic nitrogens is 1. The summed E-state index contributed by atoms with van der Waals surface area (Å²) in [5.41, 5.74) is 7.28. The quantitative estimate of drug-likeness (QED) is 0.811. The van der Waals surface area contributed by atoms with Gasteiger partial charge in [-0.1, -0.05) is 20.3 Å². The number of nitrogens with one attached hydrogen (secondary N) is 2. The van der Waals surface area contributed by atoms with Gasteiger partial charge in [-0.05, 0) is 48.4 Å². The predicted octanol–water partition coefficient (Wildman–Crippen LogP) is 2.87. The van der Waals surface area contributed by atoms with Crippen LogP contribution in [0.1, 0.15) is 38.7 Å². The van der Waals surface area contributed by atoms with Gasteiger partial charge >= 0.3 is 0 Å². The van der Waals surface area contributed by atoms with Crippen molar-refractivity contribution < 1.29 is 9.18 Å². The Morgan fingerprint density at radius 1 is 1.39 bits per heavy atom. The van der Waals surface area contributed by atoms with Crippen molar-refractivity contribution >= 4 is 16.8 Å². The summed E-state index contributed by atoms with van der Waals surface area (Å²) in [5.74, 6) is -0.321. The summed E-state index contributed by atoms with van der Waals surface area (Å²) in [6.45, 7) is 4.65. The van der Waals surface area contributed by atoms with Gasteiger partial charge < -0.3 is 16.0 Å². The topological polar surface area (TPSA) is 70.9 Å². The van der Waals surface area contributed by atoms with Gasteiger partial charge in [0.1, 0.15) is 11.4 Å². The van der Waals surface area contributed by atoms with Crippen molar-refractivity contribution in [3.8, 4) is 0 Å². The molecule has 1 atom stereocenters. The molecule has 1 saturated carbocycles. The third-order valence-electron chi connectivity index (χ3n) is 5.40. The van der Waals surface area contributed by atoms with E-state index < -0.39 is 5.54 Å². The van der Waals surface area contributed by atoms with E-state index in [2.05, 4.69) is 24.1 Å². The van der Waals surface area contributed by atoms with E-state index in [0.717, 1.165) is 35.7 Å². The molecule has 0 saturated heterocycles. The third-order valence-corrected chi connectivity index (χ3v) is 5.40. The summed E-state index contributed by atoms with van der Waals surface area (Å²) in [7, 11) is 0. The lowest BCUT2D eigenvalue weighted by Crippen LogP contribution is -2.60. The molecule has 3 rings (SSSR count). The average molecular weight is 317 g/mol. The highest BCUT2D eigenvalue weighted by atomic mass is 19.1. The minimum atomic E-state index is -0.781. The van der Waals surface area contributed by atoms with Crippen LogP contribution >= 0.6 is 0 Å². The van der Waals surface area contributed by atoms with Gasteiger partial charge in [-0.3, -0.25) is 4.79 Å². The van der Waals surface area contributed by atoms with E-state index in [1.807, 2.05) is 6.20 Å². The smallest absolute Gasteiger partial charge is 0.240 e. The summed E-state index contributed by atoms with van der Waals surface area (Å²) in [5, 5.41) is 3.97. The Bertz CT molecular complexity index is 737. The molecule has 2 aromatic rings. The van der Waals surface area contributed by atoms with Crippen LogP contribution in [0.5, 0.6) is 0 Å². The number of rotatable bonds is 4. The Morgan fingerprint density at radius 2 is 2.17 bits per heavy atom. The van der Waals surface area contributed by atoms with Crippen LogP contribution in [0.3, 0.4) is 0 Å². The number of halogens is 1. The summed E-state index contributed by atoms with van der Waals surface area (Å²) in [6.07, 6.45) is 5.26. The number of aromatic amines is 1. The first-order chi connectivity index (χ1) is 10.8. The lowest BCUT2D eigenvalue weighted by molar-refractivity contribution is -0.129. The zero-order chi connectivity index (χ0) is 16.7. The van der Waals surface area contributed by atoms with Gasteiger partial charge in [-0.25, -0.2) is 4.39 Å². The maximum atomic E-state index is 13.2. The summed E-state index contributed by atoms with van der Waals surface area (Å²) in [4.78, 5) is 15.6. The van der Waals surface area contributed by atoms with Gasteiger partial charge in [0, 0.05) is 23.6 Å². The van der Waals surface area contributed by atoms with Gasteiger partial charge in [0.2, 0.25) is 5.91 Å². The molecule has 1 fully saturated rings. The molecule has 1 aliphatic carbocycles. The fraction of sp³-hybridized carbons (Fsp3) is 0.500. The molecule has 23 heavy (non-hydrogen) atoms. The Hall–Kier alpha value is -1.88. The second-order valence-corrected chi connectivity index (χ2v) is 7.22. The molecule has 0 radical (unpaired) electrons. The zero-order valence-electron chi connectivity index (χ0n) is 13.7. The lowest BCUT2D eigenvalue weighted by atomic mass is 9.75. The van der Waals surface area contributed by atoms with Crippen LogP contribution in [0.25, 0.3) is 10.9 Å². The molecule has 1 aromatic carbocycles. The van der Waals surface area contributed by atoms with E-state index in [0.29, 0.717) is 13.0 Å². The van der Waals surface area contributed by atoms with Gasteiger partial charge in [0.05, 0.1) is 0 Å². The van der Waals surface area contributed by atoms with Crippen LogP contribution in [-0.4, -0.2) is 23.0 Å². The van der Waals surface area contributed by atoms with Gasteiger partial charge in [-0.15, -0.1) is 0 Å². The van der Waals surface area contributed by atoms with E-state index in [4.69, 9.17) is 5.73 Å². The number of carbonyl (C=O) groups excluding carboxylic acids is 1. The molecule has 124 valence electrons. The Balaban J connectivity index is 1.64. The molecule has 4 N–H and O–H groups in total. The number of H-pyrrole nitrogens is 1. The summed E-state index contributed by atoms with van der Waals surface area (Å²) in [6, 6.07) is 4.70. The molecule has 1 aromatic heterocycles. The summed E-state index contributed by atoms with van der Waals surface area (Å²) < 4.78 is 13.2. The van der Waals surface area contributed by atoms with Crippen molar-refractivity contribution in [1.82, 2.24) is 10.3 Å². The third kappa shape index (κ3) is 2.74. The molecule has 4 nitrogen and oxygen atoms in total. The zero-order valence-corrected chi connectivity index (χ0v) is 13.7. The van der Waals surface area contributed by atoms with E-state index >= 15 is 0 Å². The van der Waals surface area contributed by atoms with Gasteiger partial charge in [0.25, 0.3) is 0 Å². The van der Waals surface area contributed by atoms with Crippen molar-refractivity contribution in [3.05, 3.63) is 35.8 Å². The first kappa shape index (κ1) is 16.0. The normalized spacial score (nSPS) is 23.3. The fourth-order valence-corrected chi connectivity index (χ4v) is 3.63. The number of fused-ring (bicyclic) bond motifs is 1. The molecule has 1 amide bonds. The molecule has 5 heteroatoms. The monoisotopic (exact) mass is 317 g/mol. The SMILES string of the molecule is CC1(C)CCCC1(N)C(=O)NCCc1c[nH]c2cc(F)ccc12. The Labute approximate surface area is 135 Å². The van der Waals surface area contributed by atoms with Gasteiger partial charge in [0.15, 0.2) is 0 Å². The van der Waals surface area contributed by atoms with Crippen molar-refractivity contribution in [2.45, 2.75) is 45.1 Å². The highest BCUT2D eigenvalue weighted by Gasteiger charge is 2.51. The molecule has 0 bridgehead atoms. The molecule has 1 unspecified atom stereocenters. The largest absolute Gasteiger partial charge is 0.361 e. The van der Waals surface area contributed by atoms with E-state index in [1.54, 1.807) is 6.07 Å². The molecule has 0 aliphatic heterocycles. The maximum absolute atomic E-state index is 13.2. The molecule has 0 spiro atoms. The second kappa shape index (κ2) is 5.64. The first-order valence-corrected chi connectivity index (χ1v) is 8.16. The van der Waals surface area contributed by atoms with Crippen LogP contribution < -0.4 is 11.1 Å². The van der Waals surface area contributed by atoms with Crippen molar-refractivity contribution in [2.24, 2.45) is 11.1 Å². The van der Waals surface area contributed by atoms with Crippen molar-refractivity contribution in [3.63, 3.8) is 0 Å². The van der Waals surface area contributed by atoms with Crippen LogP contribution in [0.2, 0.25) is 0 Å². The fourth-order valence-electron chi connectivity index (χ4n) is 3.63. The van der Waals surface area contributed by atoms with E-state index in [9.17, 15) is 9.18 Å². The Kier molecular flexibility index (Phi) is 3.92. The van der Waals surface area contributed by atoms with Crippen molar-refractivity contribution in [1.29, 1.82) is 0 Å². The second-order valence-electron chi connectivity index (χ2n) is 7.22. The highest BCUT2D eigenvalue weighted by molar-refractivity contribution is 5.87. The number of carbonyl (C=O) groups is 1. The predicted molar refractivity (Wildman–Crippen MR) is 89.5 cm³/mol. The van der Waals surface area contributed by atoms with E-state index in [1.165, 1.54) is 12.1 Å². The number of nitrogens with two attached hydrogens (primary N) is 1. The standard InChI is InChI=1S/C18H24FN3O/c1-17(2)7-3-8-18(17,20)16(23)21-9-6-12-11-22-15-10-13(19)4-5-14(12)15/h4-5,10-11,22H,3,6-9,20H2,1-2H3,(H,21,23). The maximum Gasteiger partial charge on any atom is 0.240 e. The molecule has 1 aliphatic rings. The minimum absolute atomic E-state index is 0.0640. The van der Waals surface area contributed by atoms with Crippen LogP contribution in [0.4, 0.5) is 4.39 Å². The Morgan fingerprint density at radius 3 is 2.87 bits per heavy atom. The number of hydrogen-bond acceptors (Lipinski definition) is 2. The average Bonchev–Trinajstić information content (AvgIpc) is 3.00. The first-order valence-electron chi connectivity index (χ1n) is 8.16. The van der Waals surface area contributed by atoms with Crippen LogP contribution in [0.15, 0.2) is 24.4 Å². The minimum Gasteiger partial charge on any atom is -0.361 e. The summed E-state index contributed by atoms with van der Waals surface area (Å²) >= 11 is 0. The highest BCUT2D eigenvalue weighted by Crippen LogP contribution is 2.44.